The Bertz CT molecular complexity index is 4330. The first kappa shape index (κ1) is 56.0. The van der Waals surface area contributed by atoms with Crippen molar-refractivity contribution in [3.05, 3.63) is 223 Å². The number of hydrogen-bond acceptors (Lipinski definition) is 9. The van der Waals surface area contributed by atoms with Crippen molar-refractivity contribution in [1.82, 2.24) is 8.75 Å². The van der Waals surface area contributed by atoms with Gasteiger partial charge in [-0.15, -0.1) is 22.7 Å². The highest BCUT2D eigenvalue weighted by Crippen LogP contribution is 2.57. The van der Waals surface area contributed by atoms with Crippen molar-refractivity contribution in [3.63, 3.8) is 0 Å². The van der Waals surface area contributed by atoms with Crippen LogP contribution in [0, 0.1) is 23.7 Å². The summed E-state index contributed by atoms with van der Waals surface area (Å²) in [6, 6.07) is 52.7. The summed E-state index contributed by atoms with van der Waals surface area (Å²) in [7, 11) is 0. The molecule has 0 N–H and O–H groups in total. The summed E-state index contributed by atoms with van der Waals surface area (Å²) in [6.45, 7) is 8.94. The van der Waals surface area contributed by atoms with E-state index in [4.69, 9.17) is 8.75 Å². The van der Waals surface area contributed by atoms with Crippen LogP contribution in [0.4, 0.5) is 11.4 Å². The predicted octanol–water partition coefficient (Wildman–Crippen LogP) is 18.8. The van der Waals surface area contributed by atoms with Gasteiger partial charge < -0.3 is 0 Å². The second-order valence-electron chi connectivity index (χ2n) is 23.5. The number of rotatable bonds is 16. The molecule has 11 heteroatoms. The van der Waals surface area contributed by atoms with Gasteiger partial charge in [-0.1, -0.05) is 176 Å². The molecule has 10 aromatic rings. The monoisotopic (exact) mass is 1190 g/mol. The molecular weight excluding hydrogens is 1130 g/mol. The molecule has 3 aromatic heterocycles. The van der Waals surface area contributed by atoms with Gasteiger partial charge in [0.1, 0.15) is 11.0 Å². The lowest BCUT2D eigenvalue weighted by Crippen LogP contribution is -2.30. The molecule has 0 bridgehead atoms. The minimum absolute atomic E-state index is 0.167. The van der Waals surface area contributed by atoms with Gasteiger partial charge in [0.25, 0.3) is 23.6 Å². The lowest BCUT2D eigenvalue weighted by atomic mass is 9.71. The third-order valence-electron chi connectivity index (χ3n) is 18.4. The first-order chi connectivity index (χ1) is 42.6. The second-order valence-corrected chi connectivity index (χ2v) is 26.2. The van der Waals surface area contributed by atoms with Crippen LogP contribution in [0.3, 0.4) is 0 Å². The summed E-state index contributed by atoms with van der Waals surface area (Å²) in [6.07, 6.45) is 12.8. The van der Waals surface area contributed by atoms with E-state index in [2.05, 4.69) is 148 Å². The zero-order chi connectivity index (χ0) is 59.6. The first-order valence-corrected chi connectivity index (χ1v) is 33.0. The number of carbonyl (C=O) groups excluding carboxylic acids is 4. The molecule has 7 aromatic carbocycles. The number of hydrogen-bond donors (Lipinski definition) is 0. The SMILES string of the molecule is CCCCC1(CCCC)c2ccccc2-c2ccc(N3C(=O)c4ccc(C#Cc5ccc(-c6ccc(-c7ccc(C#Cc8ccc9c(c8)C(=O)N(c8ccc%10c(c8)C(CCCC)(CCCC)c8ccccc8-%10)C9=O)s7)c7nsnc67)s5)cc4C3=O)cc21. The van der Waals surface area contributed by atoms with Crippen LogP contribution < -0.4 is 9.80 Å². The molecule has 87 heavy (non-hydrogen) atoms. The summed E-state index contributed by atoms with van der Waals surface area (Å²) in [5.41, 5.74) is 17.2. The Morgan fingerprint density at radius 3 is 1.15 bits per heavy atom. The third-order valence-corrected chi connectivity index (χ3v) is 21.0. The quantitative estimate of drug-likeness (QED) is 0.0706. The number of carbonyl (C=O) groups is 4. The number of benzene rings is 7. The van der Waals surface area contributed by atoms with Gasteiger partial charge in [0.2, 0.25) is 0 Å². The van der Waals surface area contributed by atoms with Crippen molar-refractivity contribution < 1.29 is 19.2 Å². The fourth-order valence-electron chi connectivity index (χ4n) is 14.1. The normalized spacial score (nSPS) is 14.6. The molecule has 428 valence electrons. The van der Waals surface area contributed by atoms with Crippen LogP contribution in [0.1, 0.15) is 189 Å². The van der Waals surface area contributed by atoms with Crippen LogP contribution in [0.25, 0.3) is 54.2 Å². The van der Waals surface area contributed by atoms with Crippen LogP contribution >= 0.6 is 34.4 Å². The number of aromatic nitrogens is 2. The summed E-state index contributed by atoms with van der Waals surface area (Å²) in [5, 5.41) is 0. The van der Waals surface area contributed by atoms with Crippen LogP contribution in [0.5, 0.6) is 0 Å². The molecule has 0 saturated heterocycles. The fourth-order valence-corrected chi connectivity index (χ4v) is 16.5. The molecule has 2 aliphatic carbocycles. The minimum atomic E-state index is -0.332. The van der Waals surface area contributed by atoms with Gasteiger partial charge in [-0.2, -0.15) is 8.75 Å². The Morgan fingerprint density at radius 2 is 0.736 bits per heavy atom. The Balaban J connectivity index is 0.670. The average Bonchev–Trinajstić information content (AvgIpc) is 1.59. The van der Waals surface area contributed by atoms with Crippen molar-refractivity contribution >= 4 is 80.4 Å². The highest BCUT2D eigenvalue weighted by Gasteiger charge is 2.46. The number of thiophene rings is 2. The first-order valence-electron chi connectivity index (χ1n) is 30.6. The predicted molar refractivity (Wildman–Crippen MR) is 355 cm³/mol. The van der Waals surface area contributed by atoms with Crippen LogP contribution in [-0.4, -0.2) is 32.4 Å². The maximum atomic E-state index is 14.3. The number of imide groups is 2. The maximum Gasteiger partial charge on any atom is 0.266 e. The molecule has 5 heterocycles. The molecule has 0 spiro atoms. The molecule has 14 rings (SSSR count). The van der Waals surface area contributed by atoms with Gasteiger partial charge in [0.15, 0.2) is 0 Å². The van der Waals surface area contributed by atoms with Crippen molar-refractivity contribution in [1.29, 1.82) is 0 Å². The van der Waals surface area contributed by atoms with Gasteiger partial charge in [0, 0.05) is 42.8 Å². The average molecular weight is 1190 g/mol. The Kier molecular flexibility index (Phi) is 14.7. The lowest BCUT2D eigenvalue weighted by molar-refractivity contribution is 0.0910. The zero-order valence-corrected chi connectivity index (χ0v) is 51.6. The zero-order valence-electron chi connectivity index (χ0n) is 49.1. The van der Waals surface area contributed by atoms with Gasteiger partial charge >= 0.3 is 0 Å². The molecule has 0 unspecified atom stereocenters. The van der Waals surface area contributed by atoms with Gasteiger partial charge in [-0.25, -0.2) is 9.80 Å². The van der Waals surface area contributed by atoms with Gasteiger partial charge in [0.05, 0.1) is 55.1 Å². The number of fused-ring (bicyclic) bond motifs is 9. The Hall–Kier alpha value is -8.84. The molecule has 4 aliphatic rings. The van der Waals surface area contributed by atoms with Crippen molar-refractivity contribution in [2.75, 3.05) is 9.80 Å². The smallest absolute Gasteiger partial charge is 0.266 e. The van der Waals surface area contributed by atoms with E-state index in [9.17, 15) is 19.2 Å². The number of nitrogens with zero attached hydrogens (tertiary/aromatic N) is 4. The lowest BCUT2D eigenvalue weighted by Gasteiger charge is -2.33. The number of unbranched alkanes of at least 4 members (excludes halogenated alkanes) is 4. The standard InChI is InChI=1S/C76H62N4O4S3/c1-5-9-39-75(40-10-6-2)63-19-15-13-17-53(63)55-33-25-49(45-65(55)75)79-71(81)57-31-23-47(43-61(57)73(79)83)21-27-51-29-37-67(85-51)59-35-36-60(70-69(59)77-87-78-70)68-38-30-52(86-68)28-22-48-24-32-58-62(44-48)74(84)80(72(58)82)50-26-34-56-54-18-14-16-20-64(54)76(41-11-7-3,42-12-8-4)66(56)46-50/h13-20,23-26,29-38,43-46H,5-12,39-42H2,1-4H3. The molecule has 8 nitrogen and oxygen atoms in total. The summed E-state index contributed by atoms with van der Waals surface area (Å²) in [5.74, 6) is 11.9. The van der Waals surface area contributed by atoms with Crippen molar-refractivity contribution in [2.45, 2.75) is 116 Å². The molecule has 4 amide bonds. The fraction of sp³-hybridized carbons (Fsp3) is 0.237. The largest absolute Gasteiger partial charge is 0.268 e. The van der Waals surface area contributed by atoms with E-state index in [0.29, 0.717) is 44.8 Å². The number of amides is 4. The van der Waals surface area contributed by atoms with E-state index in [1.54, 1.807) is 46.9 Å². The molecule has 0 fully saturated rings. The second kappa shape index (κ2) is 22.8. The third kappa shape index (κ3) is 9.33. The van der Waals surface area contributed by atoms with E-state index in [0.717, 1.165) is 119 Å². The van der Waals surface area contributed by atoms with Crippen molar-refractivity contribution in [2.24, 2.45) is 0 Å². The van der Waals surface area contributed by atoms with E-state index in [1.807, 2.05) is 36.4 Å². The van der Waals surface area contributed by atoms with Crippen LogP contribution in [0.15, 0.2) is 158 Å². The summed E-state index contributed by atoms with van der Waals surface area (Å²) in [4.78, 5) is 63.2. The van der Waals surface area contributed by atoms with E-state index >= 15 is 0 Å². The molecule has 0 atom stereocenters. The van der Waals surface area contributed by atoms with E-state index in [-0.39, 0.29) is 34.5 Å². The summed E-state index contributed by atoms with van der Waals surface area (Å²) < 4.78 is 9.55. The maximum absolute atomic E-state index is 14.3. The highest BCUT2D eigenvalue weighted by atomic mass is 32.1. The number of anilines is 2. The molecule has 2 aliphatic heterocycles. The van der Waals surface area contributed by atoms with Crippen LogP contribution in [0.2, 0.25) is 0 Å². The van der Waals surface area contributed by atoms with Gasteiger partial charge in [-0.05, 0) is 155 Å². The molecular formula is C76H62N4O4S3. The van der Waals surface area contributed by atoms with E-state index in [1.165, 1.54) is 66.0 Å². The Morgan fingerprint density at radius 1 is 0.368 bits per heavy atom. The molecule has 0 saturated carbocycles. The van der Waals surface area contributed by atoms with Crippen LogP contribution in [-0.2, 0) is 10.8 Å². The Labute approximate surface area is 520 Å². The van der Waals surface area contributed by atoms with E-state index < -0.39 is 0 Å². The topological polar surface area (TPSA) is 101 Å². The highest BCUT2D eigenvalue weighted by molar-refractivity contribution is 7.16. The van der Waals surface area contributed by atoms with Gasteiger partial charge in [-0.3, -0.25) is 19.2 Å². The molecule has 0 radical (unpaired) electrons. The minimum Gasteiger partial charge on any atom is -0.268 e. The summed E-state index contributed by atoms with van der Waals surface area (Å²) >= 11 is 4.30. The van der Waals surface area contributed by atoms with Crippen molar-refractivity contribution in [3.8, 4) is 66.8 Å².